The molecule has 3 aromatic rings. The highest BCUT2D eigenvalue weighted by molar-refractivity contribution is 7.92. The number of amides is 3. The van der Waals surface area contributed by atoms with Gasteiger partial charge in [-0.1, -0.05) is 60.3 Å². The monoisotopic (exact) mass is 604 g/mol. The first-order valence-corrected chi connectivity index (χ1v) is 14.7. The van der Waals surface area contributed by atoms with Crippen molar-refractivity contribution in [3.05, 3.63) is 82.1 Å². The Balaban J connectivity index is 1.41. The van der Waals surface area contributed by atoms with Crippen LogP contribution in [0.3, 0.4) is 0 Å². The largest absolute Gasteiger partial charge is 0.480 e. The maximum absolute atomic E-state index is 13.1. The number of rotatable bonds is 9. The third kappa shape index (κ3) is 6.90. The van der Waals surface area contributed by atoms with Gasteiger partial charge in [0.1, 0.15) is 6.04 Å². The van der Waals surface area contributed by atoms with Crippen LogP contribution in [0.15, 0.2) is 65.8 Å². The fraction of sp³-hybridized carbons (Fsp3) is 0.259. The number of hydrogen-bond acceptors (Lipinski definition) is 6. The average Bonchev–Trinajstić information content (AvgIpc) is 3.46. The van der Waals surface area contributed by atoms with Crippen LogP contribution in [-0.4, -0.2) is 47.7 Å². The highest BCUT2D eigenvalue weighted by Gasteiger charge is 2.32. The van der Waals surface area contributed by atoms with Gasteiger partial charge in [-0.25, -0.2) is 18.0 Å². The van der Waals surface area contributed by atoms with E-state index >= 15 is 0 Å². The Morgan fingerprint density at radius 2 is 1.57 bits per heavy atom. The zero-order chi connectivity index (χ0) is 28.9. The normalized spacial score (nSPS) is 14.3. The van der Waals surface area contributed by atoms with Gasteiger partial charge in [-0.15, -0.1) is 0 Å². The van der Waals surface area contributed by atoms with E-state index in [4.69, 9.17) is 23.2 Å². The molecule has 0 saturated heterocycles. The molecule has 0 aliphatic heterocycles. The first-order valence-electron chi connectivity index (χ1n) is 12.4. The summed E-state index contributed by atoms with van der Waals surface area (Å²) in [7, 11) is -3.65. The Morgan fingerprint density at radius 1 is 0.950 bits per heavy atom. The predicted molar refractivity (Wildman–Crippen MR) is 152 cm³/mol. The molecule has 4 rings (SSSR count). The number of carboxylic acids is 1. The number of carboxylic acid groups (broad SMARTS) is 1. The molecule has 1 saturated carbocycles. The number of halogens is 2. The SMILES string of the molecule is O=C(Nc1ccccc1S(=O)(=O)C1CCCC1)N[C@@H](Cc1ccc(NC(=O)c2c(Cl)cncc2Cl)cc1)C(=O)O. The van der Waals surface area contributed by atoms with E-state index in [1.165, 1.54) is 24.5 Å². The highest BCUT2D eigenvalue weighted by Crippen LogP contribution is 2.33. The minimum Gasteiger partial charge on any atom is -0.480 e. The van der Waals surface area contributed by atoms with E-state index in [-0.39, 0.29) is 32.6 Å². The second kappa shape index (κ2) is 12.7. The minimum atomic E-state index is -3.65. The molecule has 4 N–H and O–H groups in total. The minimum absolute atomic E-state index is 0.0101. The van der Waals surface area contributed by atoms with E-state index in [1.54, 1.807) is 36.4 Å². The van der Waals surface area contributed by atoms with Crippen molar-refractivity contribution in [3.8, 4) is 0 Å². The van der Waals surface area contributed by atoms with E-state index in [0.717, 1.165) is 12.8 Å². The van der Waals surface area contributed by atoms with Gasteiger partial charge in [0.15, 0.2) is 9.84 Å². The molecule has 0 unspecified atom stereocenters. The molecule has 1 aliphatic rings. The van der Waals surface area contributed by atoms with Gasteiger partial charge in [-0.05, 0) is 42.7 Å². The molecule has 1 fully saturated rings. The van der Waals surface area contributed by atoms with Crippen LogP contribution in [0.5, 0.6) is 0 Å². The van der Waals surface area contributed by atoms with Gasteiger partial charge in [0.05, 0.1) is 31.4 Å². The molecule has 1 heterocycles. The fourth-order valence-electron chi connectivity index (χ4n) is 4.49. The highest BCUT2D eigenvalue weighted by atomic mass is 35.5. The number of pyridine rings is 1. The van der Waals surface area contributed by atoms with Crippen LogP contribution in [0.1, 0.15) is 41.6 Å². The number of para-hydroxylation sites is 1. The third-order valence-electron chi connectivity index (χ3n) is 6.52. The van der Waals surface area contributed by atoms with Crippen molar-refractivity contribution in [1.82, 2.24) is 10.3 Å². The van der Waals surface area contributed by atoms with E-state index in [9.17, 15) is 27.9 Å². The molecule has 10 nitrogen and oxygen atoms in total. The number of carbonyl (C=O) groups is 3. The Morgan fingerprint density at radius 3 is 2.20 bits per heavy atom. The molecule has 1 aromatic heterocycles. The second-order valence-corrected chi connectivity index (χ2v) is 12.3. The molecule has 0 spiro atoms. The average molecular weight is 606 g/mol. The number of nitrogens with zero attached hydrogens (tertiary/aromatic N) is 1. The molecule has 3 amide bonds. The lowest BCUT2D eigenvalue weighted by Crippen LogP contribution is -2.44. The van der Waals surface area contributed by atoms with Gasteiger partial charge in [-0.2, -0.15) is 0 Å². The summed E-state index contributed by atoms with van der Waals surface area (Å²) in [6.07, 6.45) is 5.33. The van der Waals surface area contributed by atoms with Crippen molar-refractivity contribution in [3.63, 3.8) is 0 Å². The lowest BCUT2D eigenvalue weighted by atomic mass is 10.1. The topological polar surface area (TPSA) is 155 Å². The van der Waals surface area contributed by atoms with Gasteiger partial charge in [-0.3, -0.25) is 9.78 Å². The number of aromatic nitrogens is 1. The van der Waals surface area contributed by atoms with Crippen molar-refractivity contribution in [2.45, 2.75) is 48.3 Å². The number of nitrogens with one attached hydrogen (secondary N) is 3. The van der Waals surface area contributed by atoms with Crippen molar-refractivity contribution in [1.29, 1.82) is 0 Å². The summed E-state index contributed by atoms with van der Waals surface area (Å²) in [5.41, 5.74) is 1.14. The van der Waals surface area contributed by atoms with E-state index in [2.05, 4.69) is 20.9 Å². The maximum Gasteiger partial charge on any atom is 0.326 e. The summed E-state index contributed by atoms with van der Waals surface area (Å²) in [6, 6.07) is 10.3. The van der Waals surface area contributed by atoms with Crippen LogP contribution in [0.2, 0.25) is 10.0 Å². The summed E-state index contributed by atoms with van der Waals surface area (Å²) in [5.74, 6) is -1.82. The molecule has 210 valence electrons. The number of urea groups is 1. The quantitative estimate of drug-likeness (QED) is 0.262. The second-order valence-electron chi connectivity index (χ2n) is 9.27. The number of anilines is 2. The Kier molecular flexibility index (Phi) is 9.28. The van der Waals surface area contributed by atoms with Crippen LogP contribution in [-0.2, 0) is 21.1 Å². The molecule has 13 heteroatoms. The molecule has 1 aliphatic carbocycles. The third-order valence-corrected chi connectivity index (χ3v) is 9.41. The van der Waals surface area contributed by atoms with Gasteiger partial charge < -0.3 is 21.1 Å². The number of aliphatic carboxylic acids is 1. The Hall–Kier alpha value is -3.67. The van der Waals surface area contributed by atoms with E-state index in [1.807, 2.05) is 0 Å². The number of carbonyl (C=O) groups excluding carboxylic acids is 2. The Labute approximate surface area is 241 Å². The smallest absolute Gasteiger partial charge is 0.326 e. The molecular formula is C27H26Cl2N4O6S. The van der Waals surface area contributed by atoms with Gasteiger partial charge in [0.25, 0.3) is 5.91 Å². The van der Waals surface area contributed by atoms with Crippen molar-refractivity contribution >= 4 is 62.3 Å². The molecule has 0 radical (unpaired) electrons. The van der Waals surface area contributed by atoms with Gasteiger partial charge in [0, 0.05) is 24.5 Å². The lowest BCUT2D eigenvalue weighted by molar-refractivity contribution is -0.139. The van der Waals surface area contributed by atoms with E-state index < -0.39 is 39.0 Å². The predicted octanol–water partition coefficient (Wildman–Crippen LogP) is 5.17. The summed E-state index contributed by atoms with van der Waals surface area (Å²) in [5, 5.41) is 16.9. The van der Waals surface area contributed by atoms with Crippen LogP contribution in [0.25, 0.3) is 0 Å². The number of sulfone groups is 1. The van der Waals surface area contributed by atoms with Crippen molar-refractivity contribution in [2.75, 3.05) is 10.6 Å². The zero-order valence-corrected chi connectivity index (χ0v) is 23.4. The molecule has 1 atom stereocenters. The number of benzene rings is 2. The van der Waals surface area contributed by atoms with Crippen LogP contribution in [0, 0.1) is 0 Å². The number of hydrogen-bond donors (Lipinski definition) is 4. The summed E-state index contributed by atoms with van der Waals surface area (Å²) in [6.45, 7) is 0. The first kappa shape index (κ1) is 29.3. The van der Waals surface area contributed by atoms with Gasteiger partial charge in [0.2, 0.25) is 0 Å². The molecule has 2 aromatic carbocycles. The maximum atomic E-state index is 13.1. The first-order chi connectivity index (χ1) is 19.1. The summed E-state index contributed by atoms with van der Waals surface area (Å²) < 4.78 is 26.2. The Bertz CT molecular complexity index is 1510. The fourth-order valence-corrected chi connectivity index (χ4v) is 7.04. The van der Waals surface area contributed by atoms with Crippen LogP contribution >= 0.6 is 23.2 Å². The molecule has 0 bridgehead atoms. The lowest BCUT2D eigenvalue weighted by Gasteiger charge is -2.18. The molecular weight excluding hydrogens is 579 g/mol. The van der Waals surface area contributed by atoms with Crippen LogP contribution in [0.4, 0.5) is 16.2 Å². The zero-order valence-electron chi connectivity index (χ0n) is 21.1. The van der Waals surface area contributed by atoms with Gasteiger partial charge >= 0.3 is 12.0 Å². The summed E-state index contributed by atoms with van der Waals surface area (Å²) >= 11 is 12.0. The summed E-state index contributed by atoms with van der Waals surface area (Å²) in [4.78, 5) is 41.0. The van der Waals surface area contributed by atoms with Crippen molar-refractivity contribution in [2.24, 2.45) is 0 Å². The standard InChI is InChI=1S/C27H26Cl2N4O6S/c28-19-14-30-15-20(29)24(19)25(34)31-17-11-9-16(10-12-17)13-22(26(35)36)33-27(37)32-21-7-3-4-8-23(21)40(38,39)18-5-1-2-6-18/h3-4,7-12,14-15,18,22H,1-2,5-6,13H2,(H,31,34)(H,35,36)(H2,32,33,37)/t22-/m0/s1. The molecule has 40 heavy (non-hydrogen) atoms. The van der Waals surface area contributed by atoms with Crippen molar-refractivity contribution < 1.29 is 27.9 Å². The van der Waals surface area contributed by atoms with E-state index in [0.29, 0.717) is 24.1 Å². The van der Waals surface area contributed by atoms with Crippen LogP contribution < -0.4 is 16.0 Å².